The number of ketones is 1. The minimum Gasteiger partial charge on any atom is -0.465 e. The predicted octanol–water partition coefficient (Wildman–Crippen LogP) is 8.46. The molecule has 0 atom stereocenters. The number of hydrogen-bond acceptors (Lipinski definition) is 7. The molecule has 0 aliphatic heterocycles. The van der Waals surface area contributed by atoms with Crippen molar-refractivity contribution in [2.75, 3.05) is 53.5 Å². The van der Waals surface area contributed by atoms with Crippen molar-refractivity contribution in [2.45, 2.75) is 142 Å². The summed E-state index contributed by atoms with van der Waals surface area (Å²) in [5.41, 5.74) is 0. The molecule has 0 bridgehead atoms. The Kier molecular flexibility index (Phi) is 30.9. The van der Waals surface area contributed by atoms with E-state index in [4.69, 9.17) is 9.47 Å². The summed E-state index contributed by atoms with van der Waals surface area (Å²) in [4.78, 5) is 41.1. The molecule has 0 saturated heterocycles. The molecule has 0 aromatic heterocycles. The number of ether oxygens (including phenoxy) is 2. The van der Waals surface area contributed by atoms with Crippen molar-refractivity contribution in [2.24, 2.45) is 0 Å². The van der Waals surface area contributed by atoms with Crippen LogP contribution in [0.15, 0.2) is 24.3 Å². The van der Waals surface area contributed by atoms with Crippen LogP contribution < -0.4 is 0 Å². The van der Waals surface area contributed by atoms with E-state index in [1.165, 1.54) is 38.5 Å². The van der Waals surface area contributed by atoms with Crippen molar-refractivity contribution in [1.82, 2.24) is 9.80 Å². The molecule has 0 saturated carbocycles. The first kappa shape index (κ1) is 42.0. The van der Waals surface area contributed by atoms with E-state index in [9.17, 15) is 14.4 Å². The SMILES string of the molecule is CCCCC/C=C\CCOC(=O)CCCCCN(CCCCCC(=O)OCC/C=C\CCCCC)CC(=O)CCCN(C)C. The fraction of sp³-hybridized carbons (Fsp3) is 0.811. The lowest BCUT2D eigenvalue weighted by Gasteiger charge is -2.22. The highest BCUT2D eigenvalue weighted by Crippen LogP contribution is 2.09. The first-order valence-electron chi connectivity index (χ1n) is 17.9. The number of esters is 2. The molecule has 0 aromatic rings. The lowest BCUT2D eigenvalue weighted by molar-refractivity contribution is -0.144. The molecule has 0 aromatic carbocycles. The monoisotopic (exact) mass is 621 g/mol. The molecule has 0 radical (unpaired) electrons. The van der Waals surface area contributed by atoms with Gasteiger partial charge < -0.3 is 14.4 Å². The third kappa shape index (κ3) is 31.4. The summed E-state index contributed by atoms with van der Waals surface area (Å²) in [7, 11) is 4.06. The highest BCUT2D eigenvalue weighted by atomic mass is 16.5. The zero-order valence-electron chi connectivity index (χ0n) is 29.1. The van der Waals surface area contributed by atoms with Crippen LogP contribution in [-0.4, -0.2) is 81.0 Å². The Hall–Kier alpha value is -1.99. The van der Waals surface area contributed by atoms with Crippen LogP contribution in [0.25, 0.3) is 0 Å². The predicted molar refractivity (Wildman–Crippen MR) is 184 cm³/mol. The smallest absolute Gasteiger partial charge is 0.305 e. The molecule has 0 spiro atoms. The lowest BCUT2D eigenvalue weighted by Crippen LogP contribution is -2.32. The fourth-order valence-electron chi connectivity index (χ4n) is 4.88. The Morgan fingerprint density at radius 3 is 1.45 bits per heavy atom. The number of nitrogens with zero attached hydrogens (tertiary/aromatic N) is 2. The zero-order valence-corrected chi connectivity index (χ0v) is 29.1. The zero-order chi connectivity index (χ0) is 32.5. The molecule has 7 nitrogen and oxygen atoms in total. The molecule has 0 heterocycles. The Morgan fingerprint density at radius 1 is 0.523 bits per heavy atom. The Bertz CT molecular complexity index is 702. The number of carbonyl (C=O) groups excluding carboxylic acids is 3. The quantitative estimate of drug-likeness (QED) is 0.0424. The van der Waals surface area contributed by atoms with Gasteiger partial charge in [0.05, 0.1) is 19.8 Å². The summed E-state index contributed by atoms with van der Waals surface area (Å²) in [5, 5.41) is 0. The molecule has 0 fully saturated rings. The standard InChI is InChI=1S/C37H68N2O5/c1-5-7-9-11-13-15-23-32-43-36(41)27-19-17-21-30-39(34-35(40)26-25-29-38(3)4)31-22-18-20-28-37(42)44-33-24-16-14-12-10-8-6-2/h13-16H,5-12,17-34H2,1-4H3/b15-13-,16-14-. The fourth-order valence-corrected chi connectivity index (χ4v) is 4.88. The van der Waals surface area contributed by atoms with E-state index >= 15 is 0 Å². The average Bonchev–Trinajstić information content (AvgIpc) is 2.99. The van der Waals surface area contributed by atoms with Gasteiger partial charge in [-0.2, -0.15) is 0 Å². The van der Waals surface area contributed by atoms with Crippen LogP contribution in [0.5, 0.6) is 0 Å². The molecule has 44 heavy (non-hydrogen) atoms. The van der Waals surface area contributed by atoms with Crippen LogP contribution in [0.3, 0.4) is 0 Å². The molecular weight excluding hydrogens is 552 g/mol. The van der Waals surface area contributed by atoms with E-state index in [-0.39, 0.29) is 17.7 Å². The maximum Gasteiger partial charge on any atom is 0.305 e. The molecule has 0 amide bonds. The second-order valence-corrected chi connectivity index (χ2v) is 12.3. The topological polar surface area (TPSA) is 76.1 Å². The highest BCUT2D eigenvalue weighted by Gasteiger charge is 2.12. The van der Waals surface area contributed by atoms with Crippen molar-refractivity contribution in [1.29, 1.82) is 0 Å². The molecule has 0 rings (SSSR count). The summed E-state index contributed by atoms with van der Waals surface area (Å²) in [5.74, 6) is 0.0576. The normalized spacial score (nSPS) is 11.8. The maximum absolute atomic E-state index is 12.6. The van der Waals surface area contributed by atoms with Crippen LogP contribution >= 0.6 is 0 Å². The molecule has 0 aliphatic rings. The second kappa shape index (κ2) is 32.4. The molecular formula is C37H68N2O5. The molecule has 0 N–H and O–H groups in total. The van der Waals surface area contributed by atoms with Gasteiger partial charge in [-0.1, -0.05) is 76.7 Å². The van der Waals surface area contributed by atoms with Gasteiger partial charge in [-0.25, -0.2) is 0 Å². The van der Waals surface area contributed by atoms with E-state index in [0.717, 1.165) is 90.3 Å². The average molecular weight is 621 g/mol. The largest absolute Gasteiger partial charge is 0.465 e. The van der Waals surface area contributed by atoms with Crippen LogP contribution in [0.4, 0.5) is 0 Å². The number of rotatable bonds is 32. The number of hydrogen-bond donors (Lipinski definition) is 0. The summed E-state index contributed by atoms with van der Waals surface area (Å²) >= 11 is 0. The Morgan fingerprint density at radius 2 is 1.00 bits per heavy atom. The number of carbonyl (C=O) groups is 3. The van der Waals surface area contributed by atoms with Crippen LogP contribution in [0.2, 0.25) is 0 Å². The highest BCUT2D eigenvalue weighted by molar-refractivity contribution is 5.80. The van der Waals surface area contributed by atoms with Gasteiger partial charge in [0.2, 0.25) is 0 Å². The van der Waals surface area contributed by atoms with Crippen LogP contribution in [0, 0.1) is 0 Å². The van der Waals surface area contributed by atoms with Crippen LogP contribution in [0.1, 0.15) is 142 Å². The van der Waals surface area contributed by atoms with Gasteiger partial charge in [-0.15, -0.1) is 0 Å². The van der Waals surface area contributed by atoms with E-state index in [0.29, 0.717) is 39.0 Å². The van der Waals surface area contributed by atoms with Crippen molar-refractivity contribution in [3.63, 3.8) is 0 Å². The van der Waals surface area contributed by atoms with E-state index in [1.54, 1.807) is 0 Å². The molecule has 0 unspecified atom stereocenters. The Labute approximate surface area is 271 Å². The minimum atomic E-state index is -0.116. The molecule has 0 aliphatic carbocycles. The van der Waals surface area contributed by atoms with Crippen molar-refractivity contribution < 1.29 is 23.9 Å². The van der Waals surface area contributed by atoms with Crippen molar-refractivity contribution >= 4 is 17.7 Å². The van der Waals surface area contributed by atoms with Gasteiger partial charge in [-0.05, 0) is 104 Å². The molecule has 7 heteroatoms. The first-order chi connectivity index (χ1) is 21.4. The second-order valence-electron chi connectivity index (χ2n) is 12.3. The van der Waals surface area contributed by atoms with E-state index < -0.39 is 0 Å². The van der Waals surface area contributed by atoms with E-state index in [2.05, 4.69) is 48.0 Å². The van der Waals surface area contributed by atoms with Crippen molar-refractivity contribution in [3.8, 4) is 0 Å². The van der Waals surface area contributed by atoms with E-state index in [1.807, 2.05) is 14.1 Å². The number of Topliss-reactive ketones (excluding diaryl/α,β-unsaturated/α-hetero) is 1. The van der Waals surface area contributed by atoms with Gasteiger partial charge in [0.15, 0.2) is 0 Å². The van der Waals surface area contributed by atoms with Gasteiger partial charge in [0.25, 0.3) is 0 Å². The number of unbranched alkanes of at least 4 members (excludes halogenated alkanes) is 10. The summed E-state index contributed by atoms with van der Waals surface area (Å²) in [6, 6.07) is 0. The summed E-state index contributed by atoms with van der Waals surface area (Å²) < 4.78 is 10.7. The van der Waals surface area contributed by atoms with Crippen molar-refractivity contribution in [3.05, 3.63) is 24.3 Å². The third-order valence-corrected chi connectivity index (χ3v) is 7.55. The maximum atomic E-state index is 12.6. The van der Waals surface area contributed by atoms with Gasteiger partial charge in [0.1, 0.15) is 5.78 Å². The van der Waals surface area contributed by atoms with Gasteiger partial charge in [-0.3, -0.25) is 19.3 Å². The first-order valence-corrected chi connectivity index (χ1v) is 17.9. The molecule has 256 valence electrons. The van der Waals surface area contributed by atoms with Gasteiger partial charge in [0, 0.05) is 19.3 Å². The Balaban J connectivity index is 4.20. The van der Waals surface area contributed by atoms with Gasteiger partial charge >= 0.3 is 11.9 Å². The minimum absolute atomic E-state index is 0.116. The summed E-state index contributed by atoms with van der Waals surface area (Å²) in [6.07, 6.45) is 27.6. The lowest BCUT2D eigenvalue weighted by atomic mass is 10.1. The number of allylic oxidation sites excluding steroid dienone is 2. The summed E-state index contributed by atoms with van der Waals surface area (Å²) in [6.45, 7) is 8.43. The third-order valence-electron chi connectivity index (χ3n) is 7.55. The van der Waals surface area contributed by atoms with Crippen LogP contribution in [-0.2, 0) is 23.9 Å².